The Kier molecular flexibility index (Phi) is 8.16. The van der Waals surface area contributed by atoms with Gasteiger partial charge in [-0.3, -0.25) is 19.5 Å². The van der Waals surface area contributed by atoms with Gasteiger partial charge in [-0.2, -0.15) is 0 Å². The number of piperazine rings is 1. The van der Waals surface area contributed by atoms with Crippen LogP contribution in [0.1, 0.15) is 49.8 Å². The number of pyridine rings is 1. The fourth-order valence-corrected chi connectivity index (χ4v) is 5.21. The Morgan fingerprint density at radius 1 is 1.09 bits per heavy atom. The third kappa shape index (κ3) is 5.41. The van der Waals surface area contributed by atoms with Gasteiger partial charge in [-0.1, -0.05) is 31.5 Å². The van der Waals surface area contributed by atoms with Gasteiger partial charge in [-0.25, -0.2) is 0 Å². The van der Waals surface area contributed by atoms with Crippen LogP contribution in [-0.2, 0) is 16.1 Å². The van der Waals surface area contributed by atoms with Crippen LogP contribution in [0.4, 0.5) is 0 Å². The maximum Gasteiger partial charge on any atom is 0.228 e. The normalized spacial score (nSPS) is 21.5. The van der Waals surface area contributed by atoms with Crippen LogP contribution in [0.25, 0.3) is 0 Å². The molecule has 2 saturated heterocycles. The van der Waals surface area contributed by atoms with Crippen LogP contribution in [0.2, 0.25) is 0 Å². The number of methoxy groups -OCH3 is 1. The summed E-state index contributed by atoms with van der Waals surface area (Å²) in [6, 6.07) is 11.6. The largest absolute Gasteiger partial charge is 0.496 e. The summed E-state index contributed by atoms with van der Waals surface area (Å²) < 4.78 is 5.66. The molecule has 2 amide bonds. The molecule has 2 atom stereocenters. The van der Waals surface area contributed by atoms with E-state index in [1.54, 1.807) is 7.11 Å². The molecule has 34 heavy (non-hydrogen) atoms. The Labute approximate surface area is 202 Å². The number of nitrogens with zero attached hydrogens (tertiary/aromatic N) is 4. The van der Waals surface area contributed by atoms with Gasteiger partial charge in [0.25, 0.3) is 0 Å². The zero-order valence-electron chi connectivity index (χ0n) is 20.4. The standard InChI is InChI=1S/C27H36N4O3/c1-3-4-15-31-25(32)10-9-23(26(31)22-7-5-6-8-24(22)34-2)27(33)30-18-16-29(17-19-30)20-21-11-13-28-14-12-21/h5-8,11-14,23,26H,3-4,9-10,15-20H2,1-2H3. The molecular formula is C27H36N4O3. The number of rotatable bonds is 8. The number of para-hydroxylation sites is 1. The van der Waals surface area contributed by atoms with Crippen molar-refractivity contribution in [3.63, 3.8) is 0 Å². The number of unbranched alkanes of at least 4 members (excludes halogenated alkanes) is 1. The average molecular weight is 465 g/mol. The number of aromatic nitrogens is 1. The molecule has 0 saturated carbocycles. The first-order valence-electron chi connectivity index (χ1n) is 12.4. The Morgan fingerprint density at radius 3 is 2.53 bits per heavy atom. The quantitative estimate of drug-likeness (QED) is 0.598. The Balaban J connectivity index is 1.51. The molecule has 3 heterocycles. The van der Waals surface area contributed by atoms with Gasteiger partial charge < -0.3 is 14.5 Å². The highest BCUT2D eigenvalue weighted by Crippen LogP contribution is 2.41. The van der Waals surface area contributed by atoms with Gasteiger partial charge >= 0.3 is 0 Å². The number of piperidine rings is 1. The van der Waals surface area contributed by atoms with E-state index < -0.39 is 0 Å². The van der Waals surface area contributed by atoms with Crippen molar-refractivity contribution in [2.45, 2.75) is 45.2 Å². The highest BCUT2D eigenvalue weighted by atomic mass is 16.5. The first-order chi connectivity index (χ1) is 16.6. The lowest BCUT2D eigenvalue weighted by molar-refractivity contribution is -0.149. The molecule has 2 unspecified atom stereocenters. The number of carbonyl (C=O) groups is 2. The van der Waals surface area contributed by atoms with Crippen molar-refractivity contribution >= 4 is 11.8 Å². The van der Waals surface area contributed by atoms with Crippen LogP contribution in [0.5, 0.6) is 5.75 Å². The van der Waals surface area contributed by atoms with E-state index in [1.165, 1.54) is 5.56 Å². The molecule has 2 fully saturated rings. The number of hydrogen-bond donors (Lipinski definition) is 0. The molecule has 1 aromatic carbocycles. The Bertz CT molecular complexity index is 959. The van der Waals surface area contributed by atoms with Gasteiger partial charge in [-0.15, -0.1) is 0 Å². The van der Waals surface area contributed by atoms with E-state index in [4.69, 9.17) is 4.74 Å². The molecular weight excluding hydrogens is 428 g/mol. The van der Waals surface area contributed by atoms with E-state index in [2.05, 4.69) is 16.8 Å². The molecule has 0 bridgehead atoms. The van der Waals surface area contributed by atoms with Gasteiger partial charge in [0.1, 0.15) is 5.75 Å². The van der Waals surface area contributed by atoms with E-state index in [1.807, 2.05) is 58.6 Å². The van der Waals surface area contributed by atoms with Crippen molar-refractivity contribution in [2.75, 3.05) is 39.8 Å². The number of benzene rings is 1. The Hall–Kier alpha value is -2.93. The van der Waals surface area contributed by atoms with E-state index >= 15 is 0 Å². The highest BCUT2D eigenvalue weighted by Gasteiger charge is 2.43. The summed E-state index contributed by atoms with van der Waals surface area (Å²) in [6.45, 7) is 6.78. The third-order valence-electron chi connectivity index (χ3n) is 7.07. The SMILES string of the molecule is CCCCN1C(=O)CCC(C(=O)N2CCN(Cc3ccncc3)CC2)C1c1ccccc1OC. The van der Waals surface area contributed by atoms with E-state index in [9.17, 15) is 9.59 Å². The van der Waals surface area contributed by atoms with E-state index in [0.717, 1.165) is 43.8 Å². The number of amides is 2. The molecule has 2 aliphatic heterocycles. The molecule has 2 aliphatic rings. The lowest BCUT2D eigenvalue weighted by atomic mass is 9.82. The van der Waals surface area contributed by atoms with Gasteiger partial charge in [0, 0.05) is 63.6 Å². The molecule has 7 nitrogen and oxygen atoms in total. The second kappa shape index (κ2) is 11.5. The predicted octanol–water partition coefficient (Wildman–Crippen LogP) is 3.51. The fourth-order valence-electron chi connectivity index (χ4n) is 5.21. The molecule has 1 aromatic heterocycles. The van der Waals surface area contributed by atoms with Gasteiger partial charge in [0.15, 0.2) is 0 Å². The predicted molar refractivity (Wildman–Crippen MR) is 131 cm³/mol. The summed E-state index contributed by atoms with van der Waals surface area (Å²) >= 11 is 0. The summed E-state index contributed by atoms with van der Waals surface area (Å²) in [5.74, 6) is 0.783. The van der Waals surface area contributed by atoms with Crippen molar-refractivity contribution in [2.24, 2.45) is 5.92 Å². The monoisotopic (exact) mass is 464 g/mol. The summed E-state index contributed by atoms with van der Waals surface area (Å²) in [7, 11) is 1.65. The second-order valence-corrected chi connectivity index (χ2v) is 9.23. The first-order valence-corrected chi connectivity index (χ1v) is 12.4. The molecule has 182 valence electrons. The minimum absolute atomic E-state index is 0.135. The second-order valence-electron chi connectivity index (χ2n) is 9.23. The lowest BCUT2D eigenvalue weighted by Gasteiger charge is -2.44. The number of ether oxygens (including phenoxy) is 1. The van der Waals surface area contributed by atoms with Gasteiger partial charge in [-0.05, 0) is 36.6 Å². The van der Waals surface area contributed by atoms with Crippen LogP contribution in [0, 0.1) is 5.92 Å². The first kappa shape index (κ1) is 24.2. The van der Waals surface area contributed by atoms with Crippen molar-refractivity contribution in [3.05, 3.63) is 59.9 Å². The van der Waals surface area contributed by atoms with Gasteiger partial charge in [0.05, 0.1) is 19.1 Å². The molecule has 0 radical (unpaired) electrons. The highest BCUT2D eigenvalue weighted by molar-refractivity contribution is 5.85. The number of carbonyl (C=O) groups excluding carboxylic acids is 2. The molecule has 2 aromatic rings. The van der Waals surface area contributed by atoms with Crippen molar-refractivity contribution in [1.82, 2.24) is 19.7 Å². The van der Waals surface area contributed by atoms with Crippen LogP contribution in [0.3, 0.4) is 0 Å². The van der Waals surface area contributed by atoms with Crippen molar-refractivity contribution in [3.8, 4) is 5.75 Å². The molecule has 4 rings (SSSR count). The van der Waals surface area contributed by atoms with E-state index in [0.29, 0.717) is 32.5 Å². The zero-order chi connectivity index (χ0) is 23.9. The fraction of sp³-hybridized carbons (Fsp3) is 0.519. The maximum absolute atomic E-state index is 13.8. The van der Waals surface area contributed by atoms with Gasteiger partial charge in [0.2, 0.25) is 11.8 Å². The number of hydrogen-bond acceptors (Lipinski definition) is 5. The van der Waals surface area contributed by atoms with Crippen LogP contribution in [0.15, 0.2) is 48.8 Å². The zero-order valence-corrected chi connectivity index (χ0v) is 20.4. The van der Waals surface area contributed by atoms with Crippen molar-refractivity contribution < 1.29 is 14.3 Å². The van der Waals surface area contributed by atoms with Crippen LogP contribution >= 0.6 is 0 Å². The topological polar surface area (TPSA) is 66.0 Å². The summed E-state index contributed by atoms with van der Waals surface area (Å²) in [5.41, 5.74) is 2.17. The summed E-state index contributed by atoms with van der Waals surface area (Å²) in [6.07, 6.45) is 6.57. The minimum atomic E-state index is -0.286. The van der Waals surface area contributed by atoms with Crippen LogP contribution < -0.4 is 4.74 Å². The minimum Gasteiger partial charge on any atom is -0.496 e. The maximum atomic E-state index is 13.8. The average Bonchev–Trinajstić information content (AvgIpc) is 2.88. The Morgan fingerprint density at radius 2 is 1.82 bits per heavy atom. The molecule has 0 N–H and O–H groups in total. The lowest BCUT2D eigenvalue weighted by Crippen LogP contribution is -2.54. The summed E-state index contributed by atoms with van der Waals surface area (Å²) in [4.78, 5) is 37.3. The van der Waals surface area contributed by atoms with E-state index in [-0.39, 0.29) is 23.8 Å². The van der Waals surface area contributed by atoms with Crippen molar-refractivity contribution in [1.29, 1.82) is 0 Å². The summed E-state index contributed by atoms with van der Waals surface area (Å²) in [5, 5.41) is 0. The molecule has 0 spiro atoms. The number of likely N-dealkylation sites (tertiary alicyclic amines) is 1. The molecule has 0 aliphatic carbocycles. The smallest absolute Gasteiger partial charge is 0.228 e. The van der Waals surface area contributed by atoms with Crippen LogP contribution in [-0.4, -0.2) is 71.3 Å². The molecule has 7 heteroatoms. The third-order valence-corrected chi connectivity index (χ3v) is 7.07.